The predicted octanol–water partition coefficient (Wildman–Crippen LogP) is 1.28. The number of amides is 1. The molecule has 2 aliphatic rings. The van der Waals surface area contributed by atoms with Crippen LogP contribution in [0.4, 0.5) is 0 Å². The summed E-state index contributed by atoms with van der Waals surface area (Å²) in [5, 5.41) is 2.95. The standard InChI is InChI=1S/C16H20N2O3/c1-2-21-14(19)7-9-18-8-6-11-4-3-5-12-15(11)13(18)10-17-16(12)20/h3-5,13H,2,6-10H2,1H3,(H,17,20). The van der Waals surface area contributed by atoms with Crippen molar-refractivity contribution in [3.8, 4) is 0 Å². The van der Waals surface area contributed by atoms with Gasteiger partial charge in [0.25, 0.3) is 5.91 Å². The molecule has 1 amide bonds. The molecule has 21 heavy (non-hydrogen) atoms. The molecule has 3 rings (SSSR count). The lowest BCUT2D eigenvalue weighted by Crippen LogP contribution is -2.47. The summed E-state index contributed by atoms with van der Waals surface area (Å²) in [5.41, 5.74) is 3.20. The first-order valence-corrected chi connectivity index (χ1v) is 7.50. The maximum Gasteiger partial charge on any atom is 0.307 e. The normalized spacial score (nSPS) is 20.6. The maximum atomic E-state index is 12.0. The predicted molar refractivity (Wildman–Crippen MR) is 78.0 cm³/mol. The molecular formula is C16H20N2O3. The van der Waals surface area contributed by atoms with Gasteiger partial charge >= 0.3 is 5.97 Å². The number of rotatable bonds is 4. The number of nitrogens with one attached hydrogen (secondary N) is 1. The van der Waals surface area contributed by atoms with E-state index in [4.69, 9.17) is 4.74 Å². The summed E-state index contributed by atoms with van der Waals surface area (Å²) in [5.74, 6) is -0.147. The highest BCUT2D eigenvalue weighted by atomic mass is 16.5. The van der Waals surface area contributed by atoms with Crippen molar-refractivity contribution in [2.75, 3.05) is 26.2 Å². The smallest absolute Gasteiger partial charge is 0.307 e. The van der Waals surface area contributed by atoms with Gasteiger partial charge in [-0.1, -0.05) is 12.1 Å². The van der Waals surface area contributed by atoms with E-state index in [1.807, 2.05) is 19.1 Å². The van der Waals surface area contributed by atoms with Gasteiger partial charge in [-0.15, -0.1) is 0 Å². The molecule has 0 aromatic heterocycles. The zero-order valence-electron chi connectivity index (χ0n) is 12.2. The van der Waals surface area contributed by atoms with Crippen LogP contribution in [0.2, 0.25) is 0 Å². The van der Waals surface area contributed by atoms with Crippen LogP contribution in [0.1, 0.15) is 40.9 Å². The first-order chi connectivity index (χ1) is 10.2. The van der Waals surface area contributed by atoms with E-state index in [0.29, 0.717) is 26.1 Å². The van der Waals surface area contributed by atoms with E-state index in [9.17, 15) is 9.59 Å². The van der Waals surface area contributed by atoms with Crippen molar-refractivity contribution < 1.29 is 14.3 Å². The fraction of sp³-hybridized carbons (Fsp3) is 0.500. The molecule has 0 bridgehead atoms. The zero-order valence-corrected chi connectivity index (χ0v) is 12.2. The number of benzene rings is 1. The highest BCUT2D eigenvalue weighted by Crippen LogP contribution is 2.34. The second-order valence-corrected chi connectivity index (χ2v) is 5.45. The van der Waals surface area contributed by atoms with Crippen LogP contribution in [0.3, 0.4) is 0 Å². The minimum atomic E-state index is -0.156. The van der Waals surface area contributed by atoms with Gasteiger partial charge in [0.2, 0.25) is 0 Å². The Bertz CT molecular complexity index is 571. The second kappa shape index (κ2) is 5.85. The molecule has 1 aromatic carbocycles. The van der Waals surface area contributed by atoms with Crippen LogP contribution in [0, 0.1) is 0 Å². The molecule has 2 aliphatic heterocycles. The topological polar surface area (TPSA) is 58.6 Å². The van der Waals surface area contributed by atoms with Crippen LogP contribution in [0.15, 0.2) is 18.2 Å². The molecule has 2 heterocycles. The van der Waals surface area contributed by atoms with Crippen LogP contribution in [0.25, 0.3) is 0 Å². The van der Waals surface area contributed by atoms with E-state index in [1.54, 1.807) is 0 Å². The summed E-state index contributed by atoms with van der Waals surface area (Å²) in [6.07, 6.45) is 1.32. The molecule has 0 fully saturated rings. The first-order valence-electron chi connectivity index (χ1n) is 7.50. The van der Waals surface area contributed by atoms with Crippen LogP contribution < -0.4 is 5.32 Å². The van der Waals surface area contributed by atoms with Crippen LogP contribution >= 0.6 is 0 Å². The Balaban J connectivity index is 1.78. The lowest BCUT2D eigenvalue weighted by molar-refractivity contribution is -0.143. The lowest BCUT2D eigenvalue weighted by atomic mass is 9.86. The molecule has 0 saturated carbocycles. The summed E-state index contributed by atoms with van der Waals surface area (Å²) in [4.78, 5) is 25.8. The lowest BCUT2D eigenvalue weighted by Gasteiger charge is -2.40. The van der Waals surface area contributed by atoms with E-state index in [0.717, 1.165) is 24.1 Å². The second-order valence-electron chi connectivity index (χ2n) is 5.45. The molecular weight excluding hydrogens is 268 g/mol. The van der Waals surface area contributed by atoms with Gasteiger partial charge in [-0.05, 0) is 30.5 Å². The molecule has 1 N–H and O–H groups in total. The minimum absolute atomic E-state index is 0.00958. The van der Waals surface area contributed by atoms with Crippen molar-refractivity contribution in [2.24, 2.45) is 0 Å². The largest absolute Gasteiger partial charge is 0.466 e. The van der Waals surface area contributed by atoms with Crippen molar-refractivity contribution in [3.63, 3.8) is 0 Å². The van der Waals surface area contributed by atoms with E-state index in [1.165, 1.54) is 5.56 Å². The highest BCUT2D eigenvalue weighted by Gasteiger charge is 2.34. The van der Waals surface area contributed by atoms with Gasteiger partial charge in [-0.3, -0.25) is 14.5 Å². The Morgan fingerprint density at radius 2 is 2.33 bits per heavy atom. The molecule has 1 aromatic rings. The SMILES string of the molecule is CCOC(=O)CCN1CCc2cccc3c2C1CNC3=O. The molecule has 112 valence electrons. The summed E-state index contributed by atoms with van der Waals surface area (Å²) < 4.78 is 4.99. The number of esters is 1. The third kappa shape index (κ3) is 2.65. The summed E-state index contributed by atoms with van der Waals surface area (Å²) in [7, 11) is 0. The molecule has 0 saturated heterocycles. The van der Waals surface area contributed by atoms with Crippen molar-refractivity contribution in [2.45, 2.75) is 25.8 Å². The van der Waals surface area contributed by atoms with Crippen molar-refractivity contribution in [3.05, 3.63) is 34.9 Å². The van der Waals surface area contributed by atoms with Crippen LogP contribution in [0.5, 0.6) is 0 Å². The van der Waals surface area contributed by atoms with Crippen LogP contribution in [-0.2, 0) is 16.0 Å². The van der Waals surface area contributed by atoms with Gasteiger partial charge in [0.15, 0.2) is 0 Å². The Labute approximate surface area is 124 Å². The number of nitrogens with zero attached hydrogens (tertiary/aromatic N) is 1. The summed E-state index contributed by atoms with van der Waals surface area (Å²) in [6.45, 7) is 4.44. The minimum Gasteiger partial charge on any atom is -0.466 e. The monoisotopic (exact) mass is 288 g/mol. The third-order valence-corrected chi connectivity index (χ3v) is 4.25. The molecule has 5 nitrogen and oxygen atoms in total. The Morgan fingerprint density at radius 3 is 3.14 bits per heavy atom. The third-order valence-electron chi connectivity index (χ3n) is 4.25. The molecule has 0 radical (unpaired) electrons. The van der Waals surface area contributed by atoms with Gasteiger partial charge in [-0.25, -0.2) is 0 Å². The van der Waals surface area contributed by atoms with Crippen molar-refractivity contribution in [1.29, 1.82) is 0 Å². The average Bonchev–Trinajstić information content (AvgIpc) is 2.50. The fourth-order valence-electron chi connectivity index (χ4n) is 3.28. The molecule has 5 heteroatoms. The molecule has 1 atom stereocenters. The highest BCUT2D eigenvalue weighted by molar-refractivity contribution is 5.97. The van der Waals surface area contributed by atoms with Gasteiger partial charge in [-0.2, -0.15) is 0 Å². The molecule has 0 aliphatic carbocycles. The number of hydrogen-bond acceptors (Lipinski definition) is 4. The first kappa shape index (κ1) is 14.1. The van der Waals surface area contributed by atoms with E-state index in [2.05, 4.69) is 16.3 Å². The summed E-state index contributed by atoms with van der Waals surface area (Å²) >= 11 is 0. The van der Waals surface area contributed by atoms with Crippen molar-refractivity contribution in [1.82, 2.24) is 10.2 Å². The fourth-order valence-corrected chi connectivity index (χ4v) is 3.28. The number of carbonyl (C=O) groups is 2. The Morgan fingerprint density at radius 1 is 1.48 bits per heavy atom. The summed E-state index contributed by atoms with van der Waals surface area (Å²) in [6, 6.07) is 6.12. The molecule has 1 unspecified atom stereocenters. The Kier molecular flexibility index (Phi) is 3.92. The van der Waals surface area contributed by atoms with Gasteiger partial charge in [0.1, 0.15) is 0 Å². The average molecular weight is 288 g/mol. The van der Waals surface area contributed by atoms with Crippen molar-refractivity contribution >= 4 is 11.9 Å². The number of carbonyl (C=O) groups excluding carboxylic acids is 2. The van der Waals surface area contributed by atoms with Gasteiger partial charge < -0.3 is 10.1 Å². The number of ether oxygens (including phenoxy) is 1. The maximum absolute atomic E-state index is 12.0. The molecule has 0 spiro atoms. The van der Waals surface area contributed by atoms with E-state index >= 15 is 0 Å². The number of hydrogen-bond donors (Lipinski definition) is 1. The van der Waals surface area contributed by atoms with E-state index < -0.39 is 0 Å². The van der Waals surface area contributed by atoms with Gasteiger partial charge in [0, 0.05) is 25.2 Å². The van der Waals surface area contributed by atoms with Crippen LogP contribution in [-0.4, -0.2) is 43.0 Å². The Hall–Kier alpha value is -1.88. The van der Waals surface area contributed by atoms with Gasteiger partial charge in [0.05, 0.1) is 19.1 Å². The van der Waals surface area contributed by atoms with E-state index in [-0.39, 0.29) is 17.9 Å². The quantitative estimate of drug-likeness (QED) is 0.848. The zero-order chi connectivity index (χ0) is 14.8.